The molecule has 2 N–H and O–H groups in total. The van der Waals surface area contributed by atoms with Gasteiger partial charge in [0, 0.05) is 58.6 Å². The third kappa shape index (κ3) is 5.03. The molecule has 8 nitrogen and oxygen atoms in total. The van der Waals surface area contributed by atoms with Crippen LogP contribution in [0.4, 0.5) is 17.6 Å². The predicted octanol–water partition coefficient (Wildman–Crippen LogP) is 8.12. The van der Waals surface area contributed by atoms with E-state index in [2.05, 4.69) is 16.0 Å². The van der Waals surface area contributed by atoms with Crippen molar-refractivity contribution < 1.29 is 32.2 Å². The highest BCUT2D eigenvalue weighted by atomic mass is 35.5. The number of pyridine rings is 1. The van der Waals surface area contributed by atoms with Crippen molar-refractivity contribution in [3.63, 3.8) is 0 Å². The first-order valence-corrected chi connectivity index (χ1v) is 18.5. The second-order valence-corrected chi connectivity index (χ2v) is 15.9. The van der Waals surface area contributed by atoms with Crippen molar-refractivity contribution in [3.05, 3.63) is 63.1 Å². The molecule has 4 aromatic rings. The molecule has 2 aromatic heterocycles. The summed E-state index contributed by atoms with van der Waals surface area (Å²) in [5.74, 6) is -1.71. The molecule has 0 unspecified atom stereocenters. The van der Waals surface area contributed by atoms with E-state index in [1.807, 2.05) is 12.1 Å². The van der Waals surface area contributed by atoms with E-state index in [9.17, 15) is 23.9 Å². The monoisotopic (exact) mass is 755 g/mol. The van der Waals surface area contributed by atoms with Crippen molar-refractivity contribution in [1.82, 2.24) is 19.8 Å². The van der Waals surface area contributed by atoms with E-state index in [1.165, 1.54) is 6.92 Å². The molecule has 3 saturated carbocycles. The minimum absolute atomic E-state index is 0.0267. The normalized spacial score (nSPS) is 28.9. The van der Waals surface area contributed by atoms with Crippen LogP contribution < -0.4 is 5.32 Å². The molecule has 52 heavy (non-hydrogen) atoms. The number of aliphatic hydroxyl groups excluding tert-OH is 1. The van der Waals surface area contributed by atoms with Gasteiger partial charge in [-0.05, 0) is 75.1 Å². The number of rotatable bonds is 9. The average molecular weight is 757 g/mol. The van der Waals surface area contributed by atoms with Gasteiger partial charge in [-0.3, -0.25) is 4.79 Å². The van der Waals surface area contributed by atoms with Crippen molar-refractivity contribution >= 4 is 50.9 Å². The first-order chi connectivity index (χ1) is 24.9. The van der Waals surface area contributed by atoms with E-state index < -0.39 is 54.2 Å². The number of amides is 1. The lowest BCUT2D eigenvalue weighted by molar-refractivity contribution is -0.185. The number of nitriles is 1. The van der Waals surface area contributed by atoms with Crippen LogP contribution in [0.25, 0.3) is 32.9 Å². The fourth-order valence-electron chi connectivity index (χ4n) is 9.76. The number of hydrogen-bond acceptors (Lipinski definition) is 6. The topological polar surface area (TPSA) is 103 Å². The Morgan fingerprint density at radius 1 is 1.21 bits per heavy atom. The predicted molar refractivity (Wildman–Crippen MR) is 186 cm³/mol. The Kier molecular flexibility index (Phi) is 8.10. The smallest absolute Gasteiger partial charge is 0.345 e. The maximum Gasteiger partial charge on any atom is 0.345 e. The van der Waals surface area contributed by atoms with Crippen LogP contribution in [-0.2, 0) is 16.0 Å². The maximum atomic E-state index is 17.3. The number of aliphatic hydroxyl groups is 1. The second-order valence-electron chi connectivity index (χ2n) is 15.1. The number of nitrogens with one attached hydrogen (secondary N) is 1. The van der Waals surface area contributed by atoms with E-state index in [-0.39, 0.29) is 76.9 Å². The van der Waals surface area contributed by atoms with Crippen LogP contribution in [-0.4, -0.2) is 62.5 Å². The standard InChI is InChI=1S/C38H35Cl2F4N5O3/c1-16(50)31-23-14-26(35-21-12-19(13-27(21)52-37(42)43)48(35)36(51)38(44)7-8-38)49(33-18-11-25(33)46-15-18)34(23)22-10-17(4-3-9-45)28(30(41)32(22)47-31)20-5-2-6-24(39)29(20)40/h2,5-6,10,14,16,18-19,21,25,27,33,35,37,46,50H,3-4,7-8,11-13,15H2,1H3/t16-,18-,19-,21+,25-,27+,33+,35-/m1/s1. The Bertz CT molecular complexity index is 2190. The molecule has 6 aliphatic rings. The van der Waals surface area contributed by atoms with Gasteiger partial charge in [-0.1, -0.05) is 35.3 Å². The molecule has 4 bridgehead atoms. The minimum Gasteiger partial charge on any atom is -0.387 e. The largest absolute Gasteiger partial charge is 0.387 e. The summed E-state index contributed by atoms with van der Waals surface area (Å²) in [6.07, 6.45) is -0.0975. The van der Waals surface area contributed by atoms with E-state index in [0.29, 0.717) is 39.5 Å². The van der Waals surface area contributed by atoms with E-state index in [0.717, 1.165) is 13.0 Å². The third-order valence-electron chi connectivity index (χ3n) is 12.2. The fraction of sp³-hybridized carbons (Fsp3) is 0.500. The highest BCUT2D eigenvalue weighted by Gasteiger charge is 2.62. The summed E-state index contributed by atoms with van der Waals surface area (Å²) in [5, 5.41) is 25.6. The van der Waals surface area contributed by atoms with Crippen LogP contribution in [0.5, 0.6) is 0 Å². The Balaban J connectivity index is 1.35. The molecule has 8 atom stereocenters. The lowest BCUT2D eigenvalue weighted by Crippen LogP contribution is -2.49. The molecule has 5 heterocycles. The second kappa shape index (κ2) is 12.3. The van der Waals surface area contributed by atoms with E-state index in [1.54, 1.807) is 23.1 Å². The molecule has 3 aliphatic heterocycles. The van der Waals surface area contributed by atoms with E-state index in [4.69, 9.17) is 32.9 Å². The zero-order valence-corrected chi connectivity index (χ0v) is 29.6. The Hall–Kier alpha value is -3.47. The molecular formula is C38H35Cl2F4N5O3. The Labute approximate surface area is 306 Å². The Morgan fingerprint density at radius 2 is 2.00 bits per heavy atom. The molecule has 14 heteroatoms. The molecule has 10 rings (SSSR count). The van der Waals surface area contributed by atoms with Crippen LogP contribution in [0, 0.1) is 29.0 Å². The van der Waals surface area contributed by atoms with Gasteiger partial charge in [0.05, 0.1) is 51.6 Å². The number of likely N-dealkylation sites (tertiary alicyclic amines) is 1. The summed E-state index contributed by atoms with van der Waals surface area (Å²) in [6, 6.07) is 9.28. The quantitative estimate of drug-likeness (QED) is 0.167. The minimum atomic E-state index is -3.02. The van der Waals surface area contributed by atoms with Gasteiger partial charge in [0.1, 0.15) is 5.52 Å². The number of halogens is 6. The lowest BCUT2D eigenvalue weighted by atomic mass is 9.79. The number of benzene rings is 2. The summed E-state index contributed by atoms with van der Waals surface area (Å²) >= 11 is 13.0. The molecule has 3 saturated heterocycles. The number of aromatic nitrogens is 2. The van der Waals surface area contributed by atoms with Gasteiger partial charge in [0.25, 0.3) is 5.91 Å². The molecular weight excluding hydrogens is 721 g/mol. The zero-order valence-electron chi connectivity index (χ0n) is 28.1. The summed E-state index contributed by atoms with van der Waals surface area (Å²) in [6.45, 7) is -0.758. The SMILES string of the molecule is C[C@@H](O)c1nc2c(F)c(-c3cccc(Cl)c3Cl)c(CCC#N)cc2c2c1cc([C@H]1[C@H]3C[C@H](C[C@@H]3OC(F)F)N1C(=O)C1(F)CC1)n2[C@H]1[C@H]2CN[C@@H]1C2. The number of carbonyl (C=O) groups is 1. The number of piperidine rings is 1. The number of hydrogen-bond donors (Lipinski definition) is 2. The molecule has 0 radical (unpaired) electrons. The first-order valence-electron chi connectivity index (χ1n) is 17.8. The summed E-state index contributed by atoms with van der Waals surface area (Å²) in [7, 11) is 0. The Morgan fingerprint density at radius 3 is 2.65 bits per heavy atom. The van der Waals surface area contributed by atoms with Crippen LogP contribution in [0.2, 0.25) is 10.0 Å². The molecule has 0 spiro atoms. The van der Waals surface area contributed by atoms with Gasteiger partial charge < -0.3 is 24.6 Å². The van der Waals surface area contributed by atoms with Gasteiger partial charge >= 0.3 is 6.61 Å². The van der Waals surface area contributed by atoms with Crippen molar-refractivity contribution in [2.45, 2.75) is 101 Å². The third-order valence-corrected chi connectivity index (χ3v) is 13.0. The molecule has 6 fully saturated rings. The van der Waals surface area contributed by atoms with Crippen molar-refractivity contribution in [1.29, 1.82) is 5.26 Å². The number of nitrogens with zero attached hydrogens (tertiary/aromatic N) is 4. The number of fused-ring (bicyclic) bond motifs is 6. The summed E-state index contributed by atoms with van der Waals surface area (Å²) in [5.41, 5.74) is 0.332. The molecule has 272 valence electrons. The highest BCUT2D eigenvalue weighted by molar-refractivity contribution is 6.43. The summed E-state index contributed by atoms with van der Waals surface area (Å²) < 4.78 is 67.7. The number of aryl methyl sites for hydroxylation is 1. The van der Waals surface area contributed by atoms with Gasteiger partial charge in [-0.15, -0.1) is 0 Å². The van der Waals surface area contributed by atoms with Crippen molar-refractivity contribution in [3.8, 4) is 17.2 Å². The van der Waals surface area contributed by atoms with Crippen LogP contribution in [0.3, 0.4) is 0 Å². The van der Waals surface area contributed by atoms with Gasteiger partial charge in [-0.25, -0.2) is 13.8 Å². The number of alkyl halides is 3. The first kappa shape index (κ1) is 34.3. The van der Waals surface area contributed by atoms with Crippen molar-refractivity contribution in [2.24, 2.45) is 11.8 Å². The zero-order chi connectivity index (χ0) is 36.4. The number of carbonyl (C=O) groups excluding carboxylic acids is 1. The summed E-state index contributed by atoms with van der Waals surface area (Å²) in [4.78, 5) is 20.3. The highest BCUT2D eigenvalue weighted by Crippen LogP contribution is 2.58. The van der Waals surface area contributed by atoms with Gasteiger partial charge in [-0.2, -0.15) is 14.0 Å². The molecule has 2 aromatic carbocycles. The van der Waals surface area contributed by atoms with Crippen LogP contribution >= 0.6 is 23.2 Å². The lowest BCUT2D eigenvalue weighted by Gasteiger charge is -2.43. The average Bonchev–Trinajstić information content (AvgIpc) is 3.66. The molecule has 3 aliphatic carbocycles. The van der Waals surface area contributed by atoms with Gasteiger partial charge in [0.2, 0.25) is 0 Å². The van der Waals surface area contributed by atoms with Crippen molar-refractivity contribution in [2.75, 3.05) is 6.54 Å². The molecule has 1 amide bonds. The van der Waals surface area contributed by atoms with Gasteiger partial charge in [0.15, 0.2) is 11.5 Å². The van der Waals surface area contributed by atoms with E-state index >= 15 is 8.78 Å². The van der Waals surface area contributed by atoms with Crippen LogP contribution in [0.1, 0.15) is 80.6 Å². The maximum absolute atomic E-state index is 17.3. The van der Waals surface area contributed by atoms with Crippen LogP contribution in [0.15, 0.2) is 30.3 Å². The number of ether oxygens (including phenoxy) is 1. The fourth-order valence-corrected chi connectivity index (χ4v) is 10.2.